The largest absolute Gasteiger partial charge is 0.507 e. The van der Waals surface area contributed by atoms with Crippen molar-refractivity contribution in [3.8, 4) is 11.5 Å². The molecule has 3 rings (SSSR count). The lowest BCUT2D eigenvalue weighted by molar-refractivity contribution is -0.140. The number of carbonyl (C=O) groups is 2. The van der Waals surface area contributed by atoms with Crippen LogP contribution in [0.2, 0.25) is 0 Å². The van der Waals surface area contributed by atoms with Gasteiger partial charge in [0.15, 0.2) is 0 Å². The molecule has 7 nitrogen and oxygen atoms in total. The molecule has 0 aliphatic carbocycles. The molecular weight excluding hydrogens is 432 g/mol. The number of methoxy groups -OCH3 is 1. The highest BCUT2D eigenvalue weighted by Crippen LogP contribution is 2.41. The molecule has 1 saturated heterocycles. The first-order chi connectivity index (χ1) is 16.5. The number of likely N-dealkylation sites (tertiary alicyclic amines) is 1. The summed E-state index contributed by atoms with van der Waals surface area (Å²) in [6.07, 6.45) is 0.719. The molecular formula is C27H34N2O5. The van der Waals surface area contributed by atoms with Gasteiger partial charge in [0.05, 0.1) is 30.9 Å². The Bertz CT molecular complexity index is 1030. The minimum atomic E-state index is -0.697. The lowest BCUT2D eigenvalue weighted by atomic mass is 9.95. The fraction of sp³-hybridized carbons (Fsp3) is 0.407. The number of carbonyl (C=O) groups excluding carboxylic acids is 2. The standard InChI is InChI=1S/C27H34N2O5/c1-5-28(6-2)17-10-18-29-24(19-13-15-20(16-14-19)34-7-3)23(26(31)27(29)32)25(30)21-11-8-9-12-22(21)33-4/h8-9,11-16,24,30H,5-7,10,17-18H2,1-4H3/b25-23+. The second-order valence-corrected chi connectivity index (χ2v) is 8.08. The summed E-state index contributed by atoms with van der Waals surface area (Å²) in [4.78, 5) is 30.2. The second kappa shape index (κ2) is 11.7. The highest BCUT2D eigenvalue weighted by molar-refractivity contribution is 6.46. The van der Waals surface area contributed by atoms with Gasteiger partial charge in [0.25, 0.3) is 11.7 Å². The molecule has 0 aromatic heterocycles. The van der Waals surface area contributed by atoms with Crippen molar-refractivity contribution in [2.24, 2.45) is 0 Å². The third-order valence-electron chi connectivity index (χ3n) is 6.18. The maximum absolute atomic E-state index is 13.2. The zero-order valence-electron chi connectivity index (χ0n) is 20.4. The van der Waals surface area contributed by atoms with Crippen molar-refractivity contribution in [2.45, 2.75) is 33.2 Å². The number of benzene rings is 2. The van der Waals surface area contributed by atoms with Crippen molar-refractivity contribution in [1.29, 1.82) is 0 Å². The van der Waals surface area contributed by atoms with E-state index in [1.165, 1.54) is 7.11 Å². The minimum Gasteiger partial charge on any atom is -0.507 e. The summed E-state index contributed by atoms with van der Waals surface area (Å²) in [7, 11) is 1.50. The van der Waals surface area contributed by atoms with Crippen molar-refractivity contribution in [1.82, 2.24) is 9.80 Å². The van der Waals surface area contributed by atoms with Crippen LogP contribution in [0.25, 0.3) is 5.76 Å². The number of para-hydroxylation sites is 1. The van der Waals surface area contributed by atoms with Gasteiger partial charge in [-0.15, -0.1) is 0 Å². The van der Waals surface area contributed by atoms with E-state index >= 15 is 0 Å². The van der Waals surface area contributed by atoms with Gasteiger partial charge in [0, 0.05) is 6.54 Å². The third-order valence-corrected chi connectivity index (χ3v) is 6.18. The topological polar surface area (TPSA) is 79.3 Å². The summed E-state index contributed by atoms with van der Waals surface area (Å²) in [6, 6.07) is 13.5. The number of rotatable bonds is 11. The van der Waals surface area contributed by atoms with E-state index < -0.39 is 17.7 Å². The Morgan fingerprint density at radius 1 is 1.03 bits per heavy atom. The molecule has 0 radical (unpaired) electrons. The first-order valence-corrected chi connectivity index (χ1v) is 11.8. The summed E-state index contributed by atoms with van der Waals surface area (Å²) in [5.74, 6) is -0.395. The SMILES string of the molecule is CCOc1ccc(C2/C(=C(\O)c3ccccc3OC)C(=O)C(=O)N2CCCN(CC)CC)cc1. The third kappa shape index (κ3) is 5.25. The smallest absolute Gasteiger partial charge is 0.295 e. The van der Waals surface area contributed by atoms with Crippen LogP contribution in [0.3, 0.4) is 0 Å². The van der Waals surface area contributed by atoms with Crippen LogP contribution >= 0.6 is 0 Å². The summed E-state index contributed by atoms with van der Waals surface area (Å²) >= 11 is 0. The van der Waals surface area contributed by atoms with Crippen LogP contribution in [0.4, 0.5) is 0 Å². The van der Waals surface area contributed by atoms with E-state index in [9.17, 15) is 14.7 Å². The lowest BCUT2D eigenvalue weighted by Crippen LogP contribution is -2.33. The van der Waals surface area contributed by atoms with Crippen LogP contribution in [0, 0.1) is 0 Å². The zero-order chi connectivity index (χ0) is 24.7. The highest BCUT2D eigenvalue weighted by atomic mass is 16.5. The number of hydrogen-bond donors (Lipinski definition) is 1. The van der Waals surface area contributed by atoms with Gasteiger partial charge in [-0.05, 0) is 62.8 Å². The van der Waals surface area contributed by atoms with E-state index in [1.54, 1.807) is 29.2 Å². The number of hydrogen-bond acceptors (Lipinski definition) is 6. The minimum absolute atomic E-state index is 0.0708. The summed E-state index contributed by atoms with van der Waals surface area (Å²) in [6.45, 7) is 9.71. The predicted octanol–water partition coefficient (Wildman–Crippen LogP) is 4.25. The van der Waals surface area contributed by atoms with Gasteiger partial charge in [-0.2, -0.15) is 0 Å². The molecule has 1 aliphatic heterocycles. The van der Waals surface area contributed by atoms with Gasteiger partial charge in [-0.25, -0.2) is 0 Å². The molecule has 182 valence electrons. The van der Waals surface area contributed by atoms with Crippen LogP contribution in [0.15, 0.2) is 54.1 Å². The number of ether oxygens (including phenoxy) is 2. The molecule has 0 saturated carbocycles. The Kier molecular flexibility index (Phi) is 8.71. The molecule has 1 aliphatic rings. The van der Waals surface area contributed by atoms with Gasteiger partial charge in [-0.3, -0.25) is 9.59 Å². The number of nitrogens with zero attached hydrogens (tertiary/aromatic N) is 2. The van der Waals surface area contributed by atoms with E-state index in [0.717, 1.165) is 31.6 Å². The highest BCUT2D eigenvalue weighted by Gasteiger charge is 2.46. The maximum Gasteiger partial charge on any atom is 0.295 e. The molecule has 1 atom stereocenters. The molecule has 1 unspecified atom stereocenters. The second-order valence-electron chi connectivity index (χ2n) is 8.08. The molecule has 0 spiro atoms. The van der Waals surface area contributed by atoms with Crippen molar-refractivity contribution >= 4 is 17.4 Å². The summed E-state index contributed by atoms with van der Waals surface area (Å²) in [5.41, 5.74) is 1.19. The fourth-order valence-electron chi connectivity index (χ4n) is 4.36. The van der Waals surface area contributed by atoms with Crippen LogP contribution in [-0.2, 0) is 9.59 Å². The van der Waals surface area contributed by atoms with Crippen molar-refractivity contribution < 1.29 is 24.2 Å². The normalized spacial score (nSPS) is 17.4. The van der Waals surface area contributed by atoms with E-state index in [0.29, 0.717) is 30.2 Å². The molecule has 1 heterocycles. The average Bonchev–Trinajstić information content (AvgIpc) is 3.11. The van der Waals surface area contributed by atoms with Gasteiger partial charge in [-0.1, -0.05) is 38.1 Å². The predicted molar refractivity (Wildman–Crippen MR) is 132 cm³/mol. The number of aliphatic hydroxyl groups is 1. The first kappa shape index (κ1) is 25.3. The Morgan fingerprint density at radius 2 is 1.71 bits per heavy atom. The van der Waals surface area contributed by atoms with Crippen molar-refractivity contribution in [3.63, 3.8) is 0 Å². The van der Waals surface area contributed by atoms with E-state index in [1.807, 2.05) is 31.2 Å². The monoisotopic (exact) mass is 466 g/mol. The van der Waals surface area contributed by atoms with Crippen molar-refractivity contribution in [2.75, 3.05) is 39.9 Å². The first-order valence-electron chi connectivity index (χ1n) is 11.8. The number of ketones is 1. The fourth-order valence-corrected chi connectivity index (χ4v) is 4.36. The van der Waals surface area contributed by atoms with Crippen LogP contribution in [0.1, 0.15) is 44.4 Å². The Hall–Kier alpha value is -3.32. The number of amides is 1. The van der Waals surface area contributed by atoms with E-state index in [2.05, 4.69) is 18.7 Å². The number of Topliss-reactive ketones (excluding diaryl/α,β-unsaturated/α-hetero) is 1. The molecule has 2 aromatic rings. The Balaban J connectivity index is 2.05. The molecule has 2 aromatic carbocycles. The molecule has 34 heavy (non-hydrogen) atoms. The molecule has 0 bridgehead atoms. The zero-order valence-corrected chi connectivity index (χ0v) is 20.4. The van der Waals surface area contributed by atoms with Crippen molar-refractivity contribution in [3.05, 3.63) is 65.2 Å². The van der Waals surface area contributed by atoms with Crippen LogP contribution in [-0.4, -0.2) is 66.5 Å². The van der Waals surface area contributed by atoms with Gasteiger partial charge in [0.2, 0.25) is 0 Å². The molecule has 1 amide bonds. The molecule has 1 fully saturated rings. The molecule has 1 N–H and O–H groups in total. The van der Waals surface area contributed by atoms with E-state index in [-0.39, 0.29) is 11.3 Å². The van der Waals surface area contributed by atoms with Gasteiger partial charge < -0.3 is 24.4 Å². The maximum atomic E-state index is 13.2. The van der Waals surface area contributed by atoms with Crippen LogP contribution in [0.5, 0.6) is 11.5 Å². The molecule has 7 heteroatoms. The van der Waals surface area contributed by atoms with Crippen LogP contribution < -0.4 is 9.47 Å². The lowest BCUT2D eigenvalue weighted by Gasteiger charge is -2.27. The quantitative estimate of drug-likeness (QED) is 0.303. The number of aliphatic hydroxyl groups excluding tert-OH is 1. The Labute approximate surface area is 201 Å². The Morgan fingerprint density at radius 3 is 2.32 bits per heavy atom. The van der Waals surface area contributed by atoms with Gasteiger partial charge in [0.1, 0.15) is 17.3 Å². The van der Waals surface area contributed by atoms with E-state index in [4.69, 9.17) is 9.47 Å². The summed E-state index contributed by atoms with van der Waals surface area (Å²) < 4.78 is 10.9. The summed E-state index contributed by atoms with van der Waals surface area (Å²) in [5, 5.41) is 11.3. The van der Waals surface area contributed by atoms with Gasteiger partial charge >= 0.3 is 0 Å². The average molecular weight is 467 g/mol.